The van der Waals surface area contributed by atoms with Gasteiger partial charge in [0.05, 0.1) is 27.2 Å². The normalized spacial score (nSPS) is 10.7. The fraction of sp³-hybridized carbons (Fsp3) is 0.188. The first kappa shape index (κ1) is 18.9. The van der Waals surface area contributed by atoms with E-state index in [0.29, 0.717) is 22.9 Å². The molecular formula is C16H14Br2N4O3S. The van der Waals surface area contributed by atoms with Gasteiger partial charge >= 0.3 is 0 Å². The molecule has 0 bridgehead atoms. The first-order valence-corrected chi connectivity index (χ1v) is 10.0. The Kier molecular flexibility index (Phi) is 5.94. The van der Waals surface area contributed by atoms with E-state index in [-0.39, 0.29) is 18.1 Å². The summed E-state index contributed by atoms with van der Waals surface area (Å²) in [7, 11) is 0. The van der Waals surface area contributed by atoms with Crippen LogP contribution in [0.2, 0.25) is 0 Å². The Balaban J connectivity index is 1.76. The van der Waals surface area contributed by atoms with Crippen LogP contribution in [0.5, 0.6) is 0 Å². The highest BCUT2D eigenvalue weighted by Gasteiger charge is 2.20. The minimum Gasteiger partial charge on any atom is -0.467 e. The maximum absolute atomic E-state index is 12.5. The third-order valence-electron chi connectivity index (χ3n) is 3.42. The second kappa shape index (κ2) is 8.19. The van der Waals surface area contributed by atoms with Gasteiger partial charge in [0.2, 0.25) is 0 Å². The fourth-order valence-corrected chi connectivity index (χ4v) is 4.08. The van der Waals surface area contributed by atoms with Crippen molar-refractivity contribution in [3.63, 3.8) is 0 Å². The summed E-state index contributed by atoms with van der Waals surface area (Å²) in [5.41, 5.74) is 0.510. The highest BCUT2D eigenvalue weighted by Crippen LogP contribution is 2.32. The van der Waals surface area contributed by atoms with Crippen molar-refractivity contribution in [1.29, 1.82) is 0 Å². The smallest absolute Gasteiger partial charge is 0.274 e. The molecule has 2 amide bonds. The van der Waals surface area contributed by atoms with Crippen LogP contribution in [-0.4, -0.2) is 21.6 Å². The van der Waals surface area contributed by atoms with Crippen LogP contribution >= 0.6 is 43.2 Å². The largest absolute Gasteiger partial charge is 0.467 e. The van der Waals surface area contributed by atoms with Gasteiger partial charge in [-0.2, -0.15) is 5.10 Å². The predicted molar refractivity (Wildman–Crippen MR) is 105 cm³/mol. The molecular weight excluding hydrogens is 488 g/mol. The number of amides is 2. The summed E-state index contributed by atoms with van der Waals surface area (Å²) in [5, 5.41) is 9.73. The Bertz CT molecular complexity index is 914. The lowest BCUT2D eigenvalue weighted by atomic mass is 10.3. The van der Waals surface area contributed by atoms with Crippen LogP contribution in [0, 0.1) is 0 Å². The van der Waals surface area contributed by atoms with Gasteiger partial charge in [0, 0.05) is 17.2 Å². The average Bonchev–Trinajstić information content (AvgIpc) is 3.34. The standard InChI is InChI=1S/C16H14Br2N4O3S/c1-2-22-8-11(20-15(23)12-6-10(17)14(18)26-12)13(21-22)16(24)19-7-9-4-3-5-25-9/h3-6,8H,2,7H2,1H3,(H,19,24)(H,20,23). The molecule has 0 aliphatic rings. The van der Waals surface area contributed by atoms with Gasteiger partial charge in [-0.1, -0.05) is 0 Å². The molecule has 0 saturated carbocycles. The fourth-order valence-electron chi connectivity index (χ4n) is 2.15. The van der Waals surface area contributed by atoms with Crippen molar-refractivity contribution in [2.75, 3.05) is 5.32 Å². The monoisotopic (exact) mass is 500 g/mol. The van der Waals surface area contributed by atoms with Crippen LogP contribution in [-0.2, 0) is 13.1 Å². The Labute approximate surface area is 170 Å². The summed E-state index contributed by atoms with van der Waals surface area (Å²) in [6.07, 6.45) is 3.17. The quantitative estimate of drug-likeness (QED) is 0.528. The van der Waals surface area contributed by atoms with Gasteiger partial charge in [0.1, 0.15) is 5.76 Å². The van der Waals surface area contributed by atoms with Gasteiger partial charge in [-0.3, -0.25) is 14.3 Å². The third-order valence-corrected chi connectivity index (χ3v) is 6.68. The van der Waals surface area contributed by atoms with Gasteiger partial charge in [-0.25, -0.2) is 0 Å². The number of carbonyl (C=O) groups excluding carboxylic acids is 2. The number of carbonyl (C=O) groups is 2. The zero-order valence-electron chi connectivity index (χ0n) is 13.6. The Morgan fingerprint density at radius 3 is 2.77 bits per heavy atom. The van der Waals surface area contributed by atoms with Gasteiger partial charge in [0.25, 0.3) is 11.8 Å². The molecule has 3 aromatic heterocycles. The molecule has 0 aromatic carbocycles. The molecule has 26 heavy (non-hydrogen) atoms. The lowest BCUT2D eigenvalue weighted by Crippen LogP contribution is -2.25. The summed E-state index contributed by atoms with van der Waals surface area (Å²) in [6.45, 7) is 2.71. The van der Waals surface area contributed by atoms with E-state index in [9.17, 15) is 9.59 Å². The molecule has 3 rings (SSSR count). The van der Waals surface area contributed by atoms with Crippen LogP contribution in [0.25, 0.3) is 0 Å². The Morgan fingerprint density at radius 2 is 2.15 bits per heavy atom. The van der Waals surface area contributed by atoms with Crippen molar-refractivity contribution in [3.8, 4) is 0 Å². The van der Waals surface area contributed by atoms with E-state index in [1.807, 2.05) is 6.92 Å². The molecule has 0 fully saturated rings. The van der Waals surface area contributed by atoms with E-state index in [1.54, 1.807) is 29.1 Å². The first-order valence-electron chi connectivity index (χ1n) is 7.62. The maximum atomic E-state index is 12.5. The second-order valence-corrected chi connectivity index (χ2v) is 8.42. The zero-order valence-corrected chi connectivity index (χ0v) is 17.6. The number of anilines is 1. The van der Waals surface area contributed by atoms with Crippen LogP contribution < -0.4 is 10.6 Å². The summed E-state index contributed by atoms with van der Waals surface area (Å²) < 4.78 is 8.41. The number of aromatic nitrogens is 2. The van der Waals surface area contributed by atoms with Crippen molar-refractivity contribution < 1.29 is 14.0 Å². The van der Waals surface area contributed by atoms with Crippen LogP contribution in [0.1, 0.15) is 32.8 Å². The maximum Gasteiger partial charge on any atom is 0.274 e. The minimum absolute atomic E-state index is 0.154. The van der Waals surface area contributed by atoms with Gasteiger partial charge in [-0.15, -0.1) is 11.3 Å². The van der Waals surface area contributed by atoms with Crippen molar-refractivity contribution in [2.24, 2.45) is 0 Å². The van der Waals surface area contributed by atoms with E-state index >= 15 is 0 Å². The number of aryl methyl sites for hydroxylation is 1. The molecule has 10 heteroatoms. The molecule has 0 unspecified atom stereocenters. The second-order valence-electron chi connectivity index (χ2n) is 5.20. The number of rotatable bonds is 6. The van der Waals surface area contributed by atoms with Crippen molar-refractivity contribution >= 4 is 60.7 Å². The Hall–Kier alpha value is -1.91. The SMILES string of the molecule is CCn1cc(NC(=O)c2cc(Br)c(Br)s2)c(C(=O)NCc2ccco2)n1. The molecule has 0 aliphatic heterocycles. The van der Waals surface area contributed by atoms with E-state index in [0.717, 1.165) is 8.26 Å². The Morgan fingerprint density at radius 1 is 1.35 bits per heavy atom. The number of thiophene rings is 1. The molecule has 7 nitrogen and oxygen atoms in total. The summed E-state index contributed by atoms with van der Waals surface area (Å²) in [6, 6.07) is 5.22. The zero-order chi connectivity index (χ0) is 18.7. The summed E-state index contributed by atoms with van der Waals surface area (Å²) in [4.78, 5) is 25.5. The van der Waals surface area contributed by atoms with Gasteiger partial charge in [0.15, 0.2) is 5.69 Å². The summed E-state index contributed by atoms with van der Waals surface area (Å²) in [5.74, 6) is -0.0678. The highest BCUT2D eigenvalue weighted by molar-refractivity contribution is 9.13. The minimum atomic E-state index is -0.391. The lowest BCUT2D eigenvalue weighted by molar-refractivity contribution is 0.0943. The van der Waals surface area contributed by atoms with Crippen molar-refractivity contribution in [1.82, 2.24) is 15.1 Å². The molecule has 3 heterocycles. The predicted octanol–water partition coefficient (Wildman–Crippen LogP) is 4.26. The number of nitrogens with zero attached hydrogens (tertiary/aromatic N) is 2. The molecule has 0 atom stereocenters. The van der Waals surface area contributed by atoms with Gasteiger partial charge < -0.3 is 15.1 Å². The van der Waals surface area contributed by atoms with E-state index in [1.165, 1.54) is 17.6 Å². The highest BCUT2D eigenvalue weighted by atomic mass is 79.9. The molecule has 0 radical (unpaired) electrons. The van der Waals surface area contributed by atoms with Crippen LogP contribution in [0.4, 0.5) is 5.69 Å². The van der Waals surface area contributed by atoms with Crippen molar-refractivity contribution in [3.05, 3.63) is 55.2 Å². The van der Waals surface area contributed by atoms with E-state index < -0.39 is 5.91 Å². The molecule has 0 aliphatic carbocycles. The summed E-state index contributed by atoms with van der Waals surface area (Å²) >= 11 is 8.02. The topological polar surface area (TPSA) is 89.2 Å². The van der Waals surface area contributed by atoms with Crippen molar-refractivity contribution in [2.45, 2.75) is 20.0 Å². The number of hydrogen-bond donors (Lipinski definition) is 2. The molecule has 2 N–H and O–H groups in total. The first-order chi connectivity index (χ1) is 12.5. The number of nitrogens with one attached hydrogen (secondary N) is 2. The van der Waals surface area contributed by atoms with E-state index in [4.69, 9.17) is 4.42 Å². The molecule has 0 spiro atoms. The molecule has 3 aromatic rings. The molecule has 0 saturated heterocycles. The third kappa shape index (κ3) is 4.25. The number of furan rings is 1. The number of hydrogen-bond acceptors (Lipinski definition) is 5. The van der Waals surface area contributed by atoms with Crippen LogP contribution in [0.15, 0.2) is 43.3 Å². The number of halogens is 2. The molecule has 136 valence electrons. The van der Waals surface area contributed by atoms with E-state index in [2.05, 4.69) is 47.6 Å². The van der Waals surface area contributed by atoms with Crippen LogP contribution in [0.3, 0.4) is 0 Å². The lowest BCUT2D eigenvalue weighted by Gasteiger charge is -2.04. The van der Waals surface area contributed by atoms with Gasteiger partial charge in [-0.05, 0) is 57.0 Å². The average molecular weight is 502 g/mol.